The molecule has 2 aliphatic heterocycles. The van der Waals surface area contributed by atoms with Gasteiger partial charge in [0.25, 0.3) is 5.91 Å². The minimum Gasteiger partial charge on any atom is -0.493 e. The smallest absolute Gasteiger partial charge is 0.264 e. The van der Waals surface area contributed by atoms with Crippen LogP contribution in [-0.4, -0.2) is 98.0 Å². The minimum absolute atomic E-state index is 0.0147. The van der Waals surface area contributed by atoms with Crippen LogP contribution in [0.3, 0.4) is 0 Å². The molecule has 11 heteroatoms. The van der Waals surface area contributed by atoms with E-state index < -0.39 is 0 Å². The van der Waals surface area contributed by atoms with Crippen LogP contribution in [0, 0.1) is 0 Å². The Hall–Kier alpha value is -3.70. The van der Waals surface area contributed by atoms with Crippen molar-refractivity contribution < 1.29 is 23.8 Å². The normalized spacial score (nSPS) is 17.2. The highest BCUT2D eigenvalue weighted by molar-refractivity contribution is 7.12. The van der Waals surface area contributed by atoms with Crippen LogP contribution >= 0.6 is 11.3 Å². The third-order valence-electron chi connectivity index (χ3n) is 7.08. The molecule has 0 N–H and O–H groups in total. The van der Waals surface area contributed by atoms with Gasteiger partial charge >= 0.3 is 0 Å². The molecule has 0 radical (unpaired) electrons. The molecule has 4 heterocycles. The number of piperazine rings is 1. The molecule has 0 saturated carbocycles. The van der Waals surface area contributed by atoms with Crippen molar-refractivity contribution in [3.63, 3.8) is 0 Å². The number of benzene rings is 1. The summed E-state index contributed by atoms with van der Waals surface area (Å²) in [5, 5.41) is 10.7. The minimum atomic E-state index is -0.114. The van der Waals surface area contributed by atoms with Gasteiger partial charge in [0, 0.05) is 44.9 Å². The zero-order chi connectivity index (χ0) is 27.2. The Morgan fingerprint density at radius 3 is 2.51 bits per heavy atom. The first-order chi connectivity index (χ1) is 19.1. The Balaban J connectivity index is 1.18. The molecule has 2 amide bonds. The molecule has 0 bridgehead atoms. The van der Waals surface area contributed by atoms with E-state index in [1.807, 2.05) is 46.7 Å². The average Bonchev–Trinajstić information content (AvgIpc) is 3.71. The number of thiophene rings is 1. The summed E-state index contributed by atoms with van der Waals surface area (Å²) in [5.41, 5.74) is 1.61. The van der Waals surface area contributed by atoms with Gasteiger partial charge in [0.05, 0.1) is 30.9 Å². The van der Waals surface area contributed by atoms with Crippen molar-refractivity contribution in [2.75, 3.05) is 65.0 Å². The molecule has 206 valence electrons. The summed E-state index contributed by atoms with van der Waals surface area (Å²) in [6.07, 6.45) is 1.88. The number of nitrogens with zero attached hydrogens (tertiary/aromatic N) is 5. The van der Waals surface area contributed by atoms with E-state index in [1.54, 1.807) is 25.2 Å². The lowest BCUT2D eigenvalue weighted by molar-refractivity contribution is -0.132. The number of carbonyl (C=O) groups excluding carboxylic acids is 2. The van der Waals surface area contributed by atoms with Crippen molar-refractivity contribution >= 4 is 29.0 Å². The first-order valence-corrected chi connectivity index (χ1v) is 14.0. The summed E-state index contributed by atoms with van der Waals surface area (Å²) in [6, 6.07) is 13.2. The van der Waals surface area contributed by atoms with E-state index in [2.05, 4.69) is 15.1 Å². The molecular formula is C28H33N5O5S. The number of rotatable bonds is 9. The molecule has 2 aliphatic rings. The number of hydrogen-bond donors (Lipinski definition) is 0. The van der Waals surface area contributed by atoms with E-state index in [1.165, 1.54) is 11.3 Å². The highest BCUT2D eigenvalue weighted by atomic mass is 32.1. The number of methoxy groups -OCH3 is 2. The molecule has 2 aromatic heterocycles. The van der Waals surface area contributed by atoms with Crippen LogP contribution in [0.15, 0.2) is 47.8 Å². The van der Waals surface area contributed by atoms with Crippen molar-refractivity contribution in [3.05, 3.63) is 52.7 Å². The number of anilines is 1. The van der Waals surface area contributed by atoms with E-state index in [9.17, 15) is 9.59 Å². The van der Waals surface area contributed by atoms with Gasteiger partial charge in [-0.05, 0) is 54.6 Å². The van der Waals surface area contributed by atoms with Gasteiger partial charge in [-0.15, -0.1) is 21.5 Å². The van der Waals surface area contributed by atoms with Crippen LogP contribution in [0.2, 0.25) is 0 Å². The fourth-order valence-corrected chi connectivity index (χ4v) is 5.59. The van der Waals surface area contributed by atoms with Gasteiger partial charge in [0.1, 0.15) is 6.54 Å². The van der Waals surface area contributed by atoms with Crippen molar-refractivity contribution in [1.82, 2.24) is 20.0 Å². The van der Waals surface area contributed by atoms with E-state index in [0.29, 0.717) is 55.7 Å². The van der Waals surface area contributed by atoms with E-state index in [4.69, 9.17) is 14.2 Å². The maximum atomic E-state index is 13.2. The Morgan fingerprint density at radius 2 is 1.87 bits per heavy atom. The number of carbonyl (C=O) groups is 2. The van der Waals surface area contributed by atoms with Crippen molar-refractivity contribution in [1.29, 1.82) is 0 Å². The predicted octanol–water partition coefficient (Wildman–Crippen LogP) is 3.19. The van der Waals surface area contributed by atoms with Gasteiger partial charge in [0.2, 0.25) is 5.91 Å². The second-order valence-corrected chi connectivity index (χ2v) is 10.5. The fourth-order valence-electron chi connectivity index (χ4n) is 4.90. The zero-order valence-electron chi connectivity index (χ0n) is 22.2. The number of hydrogen-bond acceptors (Lipinski definition) is 9. The molecule has 3 aromatic rings. The number of ether oxygens (including phenoxy) is 3. The summed E-state index contributed by atoms with van der Waals surface area (Å²) in [4.78, 5) is 32.6. The van der Waals surface area contributed by atoms with Crippen LogP contribution < -0.4 is 14.4 Å². The third-order valence-corrected chi connectivity index (χ3v) is 7.94. The summed E-state index contributed by atoms with van der Waals surface area (Å²) < 4.78 is 16.5. The van der Waals surface area contributed by atoms with Gasteiger partial charge in [-0.25, -0.2) is 0 Å². The Labute approximate surface area is 232 Å². The Bertz CT molecular complexity index is 1260. The highest BCUT2D eigenvalue weighted by Crippen LogP contribution is 2.31. The maximum absolute atomic E-state index is 13.2. The molecule has 1 atom stereocenters. The highest BCUT2D eigenvalue weighted by Gasteiger charge is 2.29. The monoisotopic (exact) mass is 551 g/mol. The topological polar surface area (TPSA) is 97.3 Å². The first-order valence-electron chi connectivity index (χ1n) is 13.1. The second kappa shape index (κ2) is 12.4. The third kappa shape index (κ3) is 6.31. The molecule has 1 aromatic carbocycles. The Kier molecular flexibility index (Phi) is 8.58. The van der Waals surface area contributed by atoms with Gasteiger partial charge in [-0.1, -0.05) is 6.07 Å². The average molecular weight is 552 g/mol. The molecule has 0 spiro atoms. The van der Waals surface area contributed by atoms with Crippen molar-refractivity contribution in [2.24, 2.45) is 0 Å². The Morgan fingerprint density at radius 1 is 1.05 bits per heavy atom. The standard InChI is InChI=1S/C28H33N5O5S/c1-36-23-9-7-20(17-24(23)37-2)22-8-10-26(30-29-22)31-11-13-32(14-12-31)27(34)19-33(18-21-5-3-15-38-21)28(35)25-6-4-16-39-25/h4,6-10,16-17,21H,3,5,11-15,18-19H2,1-2H3/t21-/m1/s1. The van der Waals surface area contributed by atoms with Gasteiger partial charge in [-0.3, -0.25) is 9.59 Å². The lowest BCUT2D eigenvalue weighted by Crippen LogP contribution is -2.52. The van der Waals surface area contributed by atoms with E-state index in [-0.39, 0.29) is 24.5 Å². The number of amides is 2. The summed E-state index contributed by atoms with van der Waals surface area (Å²) in [5.74, 6) is 1.89. The molecule has 2 saturated heterocycles. The lowest BCUT2D eigenvalue weighted by atomic mass is 10.1. The SMILES string of the molecule is COc1ccc(-c2ccc(N3CCN(C(=O)CN(C[C@H]4CCCO4)C(=O)c4cccs4)CC3)nn2)cc1OC. The quantitative estimate of drug-likeness (QED) is 0.400. The van der Waals surface area contributed by atoms with Crippen LogP contribution in [-0.2, 0) is 9.53 Å². The van der Waals surface area contributed by atoms with Gasteiger partial charge < -0.3 is 28.9 Å². The van der Waals surface area contributed by atoms with Crippen LogP contribution in [0.1, 0.15) is 22.5 Å². The van der Waals surface area contributed by atoms with Gasteiger partial charge in [-0.2, -0.15) is 0 Å². The molecule has 10 nitrogen and oxygen atoms in total. The van der Waals surface area contributed by atoms with Gasteiger partial charge in [0.15, 0.2) is 17.3 Å². The largest absolute Gasteiger partial charge is 0.493 e. The van der Waals surface area contributed by atoms with E-state index >= 15 is 0 Å². The molecule has 39 heavy (non-hydrogen) atoms. The molecular weight excluding hydrogens is 518 g/mol. The number of aromatic nitrogens is 2. The lowest BCUT2D eigenvalue weighted by Gasteiger charge is -2.36. The van der Waals surface area contributed by atoms with E-state index in [0.717, 1.165) is 29.9 Å². The second-order valence-electron chi connectivity index (χ2n) is 9.51. The van der Waals surface area contributed by atoms with Crippen LogP contribution in [0.4, 0.5) is 5.82 Å². The zero-order valence-corrected chi connectivity index (χ0v) is 23.1. The van der Waals surface area contributed by atoms with Crippen LogP contribution in [0.5, 0.6) is 11.5 Å². The van der Waals surface area contributed by atoms with Crippen molar-refractivity contribution in [2.45, 2.75) is 18.9 Å². The molecule has 0 unspecified atom stereocenters. The van der Waals surface area contributed by atoms with Crippen molar-refractivity contribution in [3.8, 4) is 22.8 Å². The first kappa shape index (κ1) is 26.9. The molecule has 0 aliphatic carbocycles. The van der Waals surface area contributed by atoms with Crippen LogP contribution in [0.25, 0.3) is 11.3 Å². The maximum Gasteiger partial charge on any atom is 0.264 e. The summed E-state index contributed by atoms with van der Waals surface area (Å²) >= 11 is 1.39. The molecule has 2 fully saturated rings. The predicted molar refractivity (Wildman–Crippen MR) is 149 cm³/mol. The fraction of sp³-hybridized carbons (Fsp3) is 0.429. The summed E-state index contributed by atoms with van der Waals surface area (Å²) in [6.45, 7) is 3.58. The molecule has 5 rings (SSSR count). The summed E-state index contributed by atoms with van der Waals surface area (Å²) in [7, 11) is 3.20.